The van der Waals surface area contributed by atoms with E-state index >= 15 is 0 Å². The van der Waals surface area contributed by atoms with Crippen LogP contribution in [-0.4, -0.2) is 9.97 Å². The van der Waals surface area contributed by atoms with Gasteiger partial charge in [-0.25, -0.2) is 4.79 Å². The molecule has 2 N–H and O–H groups in total. The molecule has 0 saturated carbocycles. The summed E-state index contributed by atoms with van der Waals surface area (Å²) in [5.74, 6) is 0.548. The molecular formula is C9H11BrN2O. The number of aromatic amines is 2. The number of halogens is 1. The highest BCUT2D eigenvalue weighted by Gasteiger charge is 2.17. The van der Waals surface area contributed by atoms with Crippen LogP contribution in [-0.2, 0) is 6.42 Å². The first-order valence-electron chi connectivity index (χ1n) is 4.38. The second kappa shape index (κ2) is 3.54. The average molecular weight is 243 g/mol. The van der Waals surface area contributed by atoms with E-state index in [9.17, 15) is 4.79 Å². The summed E-state index contributed by atoms with van der Waals surface area (Å²) in [7, 11) is 0. The van der Waals surface area contributed by atoms with E-state index in [2.05, 4.69) is 32.0 Å². The van der Waals surface area contributed by atoms with Gasteiger partial charge < -0.3 is 9.97 Å². The van der Waals surface area contributed by atoms with Crippen LogP contribution in [0.3, 0.4) is 0 Å². The zero-order valence-corrected chi connectivity index (χ0v) is 8.73. The highest BCUT2D eigenvalue weighted by Crippen LogP contribution is 2.32. The molecule has 0 spiro atoms. The van der Waals surface area contributed by atoms with Gasteiger partial charge in [0, 0.05) is 11.9 Å². The van der Waals surface area contributed by atoms with Gasteiger partial charge in [-0.15, -0.1) is 0 Å². The molecule has 70 valence electrons. The number of hydrogen-bond donors (Lipinski definition) is 2. The van der Waals surface area contributed by atoms with Gasteiger partial charge in [0.1, 0.15) is 0 Å². The van der Waals surface area contributed by atoms with Crippen LogP contribution in [0.25, 0.3) is 0 Å². The topological polar surface area (TPSA) is 48.6 Å². The third-order valence-corrected chi connectivity index (χ3v) is 3.33. The minimum Gasteiger partial charge on any atom is -0.313 e. The molecule has 0 bridgehead atoms. The van der Waals surface area contributed by atoms with Crippen LogP contribution in [0.2, 0.25) is 0 Å². The highest BCUT2D eigenvalue weighted by molar-refractivity contribution is 9.11. The van der Waals surface area contributed by atoms with E-state index in [1.54, 1.807) is 6.20 Å². The maximum atomic E-state index is 10.8. The number of allylic oxidation sites excluding steroid dienone is 2. The lowest BCUT2D eigenvalue weighted by Crippen LogP contribution is -2.04. The van der Waals surface area contributed by atoms with Gasteiger partial charge in [-0.2, -0.15) is 0 Å². The summed E-state index contributed by atoms with van der Waals surface area (Å²) in [4.78, 5) is 16.2. The number of nitrogens with one attached hydrogen (secondary N) is 2. The van der Waals surface area contributed by atoms with Crippen molar-refractivity contribution >= 4 is 15.9 Å². The van der Waals surface area contributed by atoms with Crippen LogP contribution in [0, 0.1) is 5.92 Å². The van der Waals surface area contributed by atoms with E-state index in [4.69, 9.17) is 0 Å². The number of hydrogen-bond acceptors (Lipinski definition) is 1. The van der Waals surface area contributed by atoms with Gasteiger partial charge >= 0.3 is 5.69 Å². The van der Waals surface area contributed by atoms with Crippen LogP contribution in [0.5, 0.6) is 0 Å². The van der Waals surface area contributed by atoms with Gasteiger partial charge in [-0.05, 0) is 29.7 Å². The Bertz CT molecular complexity index is 377. The predicted molar refractivity (Wildman–Crippen MR) is 54.9 cm³/mol. The summed E-state index contributed by atoms with van der Waals surface area (Å²) in [6.45, 7) is 0. The number of imidazole rings is 1. The van der Waals surface area contributed by atoms with E-state index in [-0.39, 0.29) is 5.69 Å². The fraction of sp³-hybridized carbons (Fsp3) is 0.444. The average Bonchev–Trinajstić information content (AvgIpc) is 2.64. The first-order valence-corrected chi connectivity index (χ1v) is 5.17. The fourth-order valence-electron chi connectivity index (χ4n) is 1.67. The van der Waals surface area contributed by atoms with Crippen molar-refractivity contribution in [1.82, 2.24) is 9.97 Å². The van der Waals surface area contributed by atoms with Crippen molar-refractivity contribution in [3.63, 3.8) is 0 Å². The smallest absolute Gasteiger partial charge is 0.313 e. The summed E-state index contributed by atoms with van der Waals surface area (Å²) in [6, 6.07) is 0. The second-order valence-electron chi connectivity index (χ2n) is 3.34. The monoisotopic (exact) mass is 242 g/mol. The Labute approximate surface area is 84.4 Å². The predicted octanol–water partition coefficient (Wildman–Crippen LogP) is 1.93. The lowest BCUT2D eigenvalue weighted by atomic mass is 10.0. The Balaban J connectivity index is 2.06. The first-order chi connectivity index (χ1) is 6.25. The van der Waals surface area contributed by atoms with Crippen molar-refractivity contribution in [3.05, 3.63) is 32.9 Å². The van der Waals surface area contributed by atoms with Crippen molar-refractivity contribution in [2.24, 2.45) is 5.92 Å². The minimum absolute atomic E-state index is 0.118. The Morgan fingerprint density at radius 1 is 1.62 bits per heavy atom. The molecule has 1 atom stereocenters. The molecule has 0 amide bonds. The zero-order chi connectivity index (χ0) is 9.26. The molecule has 0 aliphatic heterocycles. The maximum Gasteiger partial charge on any atom is 0.323 e. The summed E-state index contributed by atoms with van der Waals surface area (Å²) in [5.41, 5.74) is 0.871. The summed E-state index contributed by atoms with van der Waals surface area (Å²) in [5, 5.41) is 0. The minimum atomic E-state index is -0.118. The molecule has 1 aromatic heterocycles. The Hall–Kier alpha value is -0.770. The summed E-state index contributed by atoms with van der Waals surface area (Å²) >= 11 is 3.53. The van der Waals surface area contributed by atoms with E-state index in [1.165, 1.54) is 10.9 Å². The van der Waals surface area contributed by atoms with Crippen molar-refractivity contribution in [3.8, 4) is 0 Å². The Morgan fingerprint density at radius 3 is 3.00 bits per heavy atom. The van der Waals surface area contributed by atoms with Gasteiger partial charge in [0.05, 0.1) is 0 Å². The Kier molecular flexibility index (Phi) is 2.40. The third-order valence-electron chi connectivity index (χ3n) is 2.36. The van der Waals surface area contributed by atoms with Crippen LogP contribution in [0.15, 0.2) is 21.5 Å². The van der Waals surface area contributed by atoms with E-state index in [1.807, 2.05) is 0 Å². The van der Waals surface area contributed by atoms with Crippen molar-refractivity contribution in [1.29, 1.82) is 0 Å². The van der Waals surface area contributed by atoms with Gasteiger partial charge in [-0.1, -0.05) is 22.0 Å². The molecule has 0 saturated heterocycles. The molecule has 1 heterocycles. The van der Waals surface area contributed by atoms with E-state index in [0.717, 1.165) is 18.5 Å². The van der Waals surface area contributed by atoms with E-state index < -0.39 is 0 Å². The van der Waals surface area contributed by atoms with Gasteiger partial charge in [0.15, 0.2) is 0 Å². The van der Waals surface area contributed by atoms with Crippen LogP contribution >= 0.6 is 15.9 Å². The van der Waals surface area contributed by atoms with E-state index in [0.29, 0.717) is 5.92 Å². The molecule has 0 radical (unpaired) electrons. The number of aromatic nitrogens is 2. The van der Waals surface area contributed by atoms with Gasteiger partial charge in [-0.3, -0.25) is 0 Å². The highest BCUT2D eigenvalue weighted by atomic mass is 79.9. The van der Waals surface area contributed by atoms with Gasteiger partial charge in [0.25, 0.3) is 0 Å². The molecular weight excluding hydrogens is 232 g/mol. The summed E-state index contributed by atoms with van der Waals surface area (Å²) < 4.78 is 1.27. The summed E-state index contributed by atoms with van der Waals surface area (Å²) in [6.07, 6.45) is 7.18. The largest absolute Gasteiger partial charge is 0.323 e. The molecule has 0 fully saturated rings. The van der Waals surface area contributed by atoms with Crippen molar-refractivity contribution in [2.45, 2.75) is 19.3 Å². The lowest BCUT2D eigenvalue weighted by Gasteiger charge is -2.07. The molecule has 0 aromatic carbocycles. The normalized spacial score (nSPS) is 21.9. The standard InChI is InChI=1S/C9H11BrN2O/c10-8-3-1-2-6(8)4-7-5-11-9(13)12-7/h3,5-6H,1-2,4H2,(H2,11,12,13). The lowest BCUT2D eigenvalue weighted by molar-refractivity contribution is 0.616. The molecule has 4 heteroatoms. The third kappa shape index (κ3) is 1.94. The van der Waals surface area contributed by atoms with Crippen LogP contribution in [0.1, 0.15) is 18.5 Å². The van der Waals surface area contributed by atoms with Crippen LogP contribution in [0.4, 0.5) is 0 Å². The van der Waals surface area contributed by atoms with Crippen molar-refractivity contribution < 1.29 is 0 Å². The quantitative estimate of drug-likeness (QED) is 0.819. The molecule has 13 heavy (non-hydrogen) atoms. The second-order valence-corrected chi connectivity index (χ2v) is 4.25. The number of rotatable bonds is 2. The van der Waals surface area contributed by atoms with Gasteiger partial charge in [0.2, 0.25) is 0 Å². The number of H-pyrrole nitrogens is 2. The first kappa shape index (κ1) is 8.81. The Morgan fingerprint density at radius 2 is 2.46 bits per heavy atom. The fourth-order valence-corrected chi connectivity index (χ4v) is 2.29. The van der Waals surface area contributed by atoms with Crippen LogP contribution < -0.4 is 5.69 Å². The maximum absolute atomic E-state index is 10.8. The van der Waals surface area contributed by atoms with Crippen molar-refractivity contribution in [2.75, 3.05) is 0 Å². The molecule has 1 aromatic rings. The molecule has 2 rings (SSSR count). The zero-order valence-electron chi connectivity index (χ0n) is 7.14. The SMILES string of the molecule is O=c1[nH]cc(CC2CCC=C2Br)[nH]1. The molecule has 3 nitrogen and oxygen atoms in total. The molecule has 1 unspecified atom stereocenters. The molecule has 1 aliphatic rings. The molecule has 1 aliphatic carbocycles.